The quantitative estimate of drug-likeness (QED) is 0.339. The van der Waals surface area contributed by atoms with Gasteiger partial charge in [-0.05, 0) is 46.5 Å². The van der Waals surface area contributed by atoms with Crippen LogP contribution in [0.25, 0.3) is 22.4 Å². The van der Waals surface area contributed by atoms with Crippen molar-refractivity contribution in [2.24, 2.45) is 0 Å². The summed E-state index contributed by atoms with van der Waals surface area (Å²) < 4.78 is 14.0. The number of hydrogen-bond acceptors (Lipinski definition) is 8. The Morgan fingerprint density at radius 2 is 2.06 bits per heavy atom. The van der Waals surface area contributed by atoms with Crippen LogP contribution in [0.4, 0.5) is 0 Å². The molecule has 10 heteroatoms. The van der Waals surface area contributed by atoms with Crippen molar-refractivity contribution in [3.8, 4) is 23.0 Å². The molecule has 0 unspecified atom stereocenters. The fourth-order valence-electron chi connectivity index (χ4n) is 3.69. The molecule has 0 aliphatic heterocycles. The van der Waals surface area contributed by atoms with Crippen molar-refractivity contribution in [2.45, 2.75) is 31.7 Å². The molecular weight excluding hydrogens is 488 g/mol. The van der Waals surface area contributed by atoms with E-state index in [2.05, 4.69) is 36.0 Å². The third-order valence-corrected chi connectivity index (χ3v) is 6.14. The lowest BCUT2D eigenvalue weighted by Gasteiger charge is -2.11. The smallest absolute Gasteiger partial charge is 0.227 e. The van der Waals surface area contributed by atoms with E-state index < -0.39 is 0 Å². The van der Waals surface area contributed by atoms with Gasteiger partial charge in [-0.15, -0.1) is 0 Å². The Labute approximate surface area is 199 Å². The van der Waals surface area contributed by atoms with E-state index in [4.69, 9.17) is 19.6 Å². The van der Waals surface area contributed by atoms with Crippen molar-refractivity contribution in [1.82, 2.24) is 29.7 Å². The SMILES string of the molecule is COc1ncnc(C2CC2)c1-c1ncc2cnn(Cc3ccc(Br)c(OCCCO)c3)c2n1. The van der Waals surface area contributed by atoms with Gasteiger partial charge in [-0.3, -0.25) is 0 Å². The zero-order chi connectivity index (χ0) is 22.8. The zero-order valence-electron chi connectivity index (χ0n) is 18.1. The minimum atomic E-state index is 0.0956. The Balaban J connectivity index is 1.49. The molecule has 33 heavy (non-hydrogen) atoms. The van der Waals surface area contributed by atoms with Crippen molar-refractivity contribution < 1.29 is 14.6 Å². The second kappa shape index (κ2) is 9.40. The molecule has 0 atom stereocenters. The standard InChI is InChI=1S/C23H23BrN6O3/c1-32-23-19(20(15-4-5-15)26-13-27-23)21-25-10-16-11-28-30(22(16)29-21)12-14-3-6-17(24)18(9-14)33-8-2-7-31/h3,6,9-11,13,15,31H,2,4-5,7-8,12H2,1H3. The van der Waals surface area contributed by atoms with E-state index in [1.165, 1.54) is 6.33 Å². The monoisotopic (exact) mass is 510 g/mol. The predicted molar refractivity (Wildman–Crippen MR) is 125 cm³/mol. The topological polar surface area (TPSA) is 108 Å². The molecule has 0 spiro atoms. The average Bonchev–Trinajstić information content (AvgIpc) is 3.62. The molecule has 3 heterocycles. The molecule has 9 nitrogen and oxygen atoms in total. The van der Waals surface area contributed by atoms with Gasteiger partial charge in [-0.25, -0.2) is 24.6 Å². The minimum absolute atomic E-state index is 0.0956. The van der Waals surface area contributed by atoms with E-state index in [-0.39, 0.29) is 6.61 Å². The molecule has 3 aromatic heterocycles. The molecule has 0 saturated heterocycles. The van der Waals surface area contributed by atoms with Crippen LogP contribution in [0.5, 0.6) is 11.6 Å². The van der Waals surface area contributed by atoms with E-state index in [0.717, 1.165) is 50.9 Å². The summed E-state index contributed by atoms with van der Waals surface area (Å²) in [5.41, 5.74) is 3.42. The highest BCUT2D eigenvalue weighted by Crippen LogP contribution is 2.44. The Bertz CT molecular complexity index is 1290. The van der Waals surface area contributed by atoms with Crippen LogP contribution in [-0.4, -0.2) is 55.1 Å². The summed E-state index contributed by atoms with van der Waals surface area (Å²) in [7, 11) is 1.60. The lowest BCUT2D eigenvalue weighted by Crippen LogP contribution is -2.06. The molecule has 1 aliphatic rings. The number of fused-ring (bicyclic) bond motifs is 1. The van der Waals surface area contributed by atoms with Crippen LogP contribution in [0.15, 0.2) is 41.4 Å². The van der Waals surface area contributed by atoms with Crippen molar-refractivity contribution in [3.05, 3.63) is 52.7 Å². The predicted octanol–water partition coefficient (Wildman–Crippen LogP) is 3.74. The highest BCUT2D eigenvalue weighted by atomic mass is 79.9. The number of halogens is 1. The lowest BCUT2D eigenvalue weighted by molar-refractivity contribution is 0.233. The van der Waals surface area contributed by atoms with Crippen LogP contribution in [0.3, 0.4) is 0 Å². The number of methoxy groups -OCH3 is 1. The number of benzene rings is 1. The number of rotatable bonds is 9. The molecule has 1 N–H and O–H groups in total. The maximum absolute atomic E-state index is 9.00. The normalized spacial score (nSPS) is 13.4. The molecular formula is C23H23BrN6O3. The van der Waals surface area contributed by atoms with Crippen molar-refractivity contribution in [1.29, 1.82) is 0 Å². The van der Waals surface area contributed by atoms with Gasteiger partial charge in [0.05, 0.1) is 42.0 Å². The highest BCUT2D eigenvalue weighted by molar-refractivity contribution is 9.10. The molecule has 0 amide bonds. The molecule has 1 saturated carbocycles. The van der Waals surface area contributed by atoms with Gasteiger partial charge in [0.15, 0.2) is 11.5 Å². The summed E-state index contributed by atoms with van der Waals surface area (Å²) in [6.45, 7) is 1.06. The van der Waals surface area contributed by atoms with E-state index in [1.54, 1.807) is 19.5 Å². The van der Waals surface area contributed by atoms with Gasteiger partial charge in [-0.1, -0.05) is 6.07 Å². The van der Waals surface area contributed by atoms with Crippen LogP contribution in [-0.2, 0) is 6.54 Å². The summed E-state index contributed by atoms with van der Waals surface area (Å²) >= 11 is 3.52. The van der Waals surface area contributed by atoms with E-state index >= 15 is 0 Å². The second-order valence-corrected chi connectivity index (χ2v) is 8.74. The van der Waals surface area contributed by atoms with Gasteiger partial charge in [0, 0.05) is 25.1 Å². The van der Waals surface area contributed by atoms with Crippen LogP contribution in [0, 0.1) is 0 Å². The molecule has 170 valence electrons. The first-order valence-corrected chi connectivity index (χ1v) is 11.6. The molecule has 1 aromatic carbocycles. The van der Waals surface area contributed by atoms with Gasteiger partial charge in [0.1, 0.15) is 17.6 Å². The first kappa shape index (κ1) is 21.7. The summed E-state index contributed by atoms with van der Waals surface area (Å²) in [4.78, 5) is 18.2. The van der Waals surface area contributed by atoms with Gasteiger partial charge in [0.2, 0.25) is 5.88 Å². The van der Waals surface area contributed by atoms with E-state index in [0.29, 0.717) is 37.2 Å². The molecule has 1 aliphatic carbocycles. The maximum Gasteiger partial charge on any atom is 0.227 e. The van der Waals surface area contributed by atoms with Gasteiger partial charge < -0.3 is 14.6 Å². The zero-order valence-corrected chi connectivity index (χ0v) is 19.7. The number of nitrogens with zero attached hydrogens (tertiary/aromatic N) is 6. The Morgan fingerprint density at radius 1 is 1.18 bits per heavy atom. The molecule has 4 aromatic rings. The van der Waals surface area contributed by atoms with E-state index in [1.807, 2.05) is 22.9 Å². The Kier molecular flexibility index (Phi) is 6.19. The van der Waals surface area contributed by atoms with Crippen molar-refractivity contribution in [2.75, 3.05) is 20.3 Å². The minimum Gasteiger partial charge on any atom is -0.492 e. The Hall–Kier alpha value is -3.11. The largest absolute Gasteiger partial charge is 0.492 e. The summed E-state index contributed by atoms with van der Waals surface area (Å²) in [5, 5.41) is 14.4. The first-order chi connectivity index (χ1) is 16.2. The third-order valence-electron chi connectivity index (χ3n) is 5.49. The van der Waals surface area contributed by atoms with Gasteiger partial charge >= 0.3 is 0 Å². The maximum atomic E-state index is 9.00. The van der Waals surface area contributed by atoms with Crippen LogP contribution in [0.1, 0.15) is 36.4 Å². The number of hydrogen-bond donors (Lipinski definition) is 1. The summed E-state index contributed by atoms with van der Waals surface area (Å²) in [6.07, 6.45) is 7.84. The summed E-state index contributed by atoms with van der Waals surface area (Å²) in [6, 6.07) is 5.93. The molecule has 0 radical (unpaired) electrons. The number of aliphatic hydroxyl groups is 1. The number of aromatic nitrogens is 6. The van der Waals surface area contributed by atoms with Gasteiger partial charge in [0.25, 0.3) is 0 Å². The Morgan fingerprint density at radius 3 is 2.85 bits per heavy atom. The van der Waals surface area contributed by atoms with Gasteiger partial charge in [-0.2, -0.15) is 5.10 Å². The van der Waals surface area contributed by atoms with Crippen LogP contribution < -0.4 is 9.47 Å². The highest BCUT2D eigenvalue weighted by Gasteiger charge is 2.31. The first-order valence-electron chi connectivity index (χ1n) is 10.8. The van der Waals surface area contributed by atoms with Crippen molar-refractivity contribution >= 4 is 27.0 Å². The fraction of sp³-hybridized carbons (Fsp3) is 0.348. The summed E-state index contributed by atoms with van der Waals surface area (Å²) in [5.74, 6) is 2.14. The van der Waals surface area contributed by atoms with E-state index in [9.17, 15) is 0 Å². The van der Waals surface area contributed by atoms with Crippen LogP contribution >= 0.6 is 15.9 Å². The molecule has 0 bridgehead atoms. The average molecular weight is 511 g/mol. The molecule has 1 fully saturated rings. The number of aliphatic hydroxyl groups excluding tert-OH is 1. The fourth-order valence-corrected chi connectivity index (χ4v) is 4.05. The second-order valence-electron chi connectivity index (χ2n) is 7.88. The number of ether oxygens (including phenoxy) is 2. The molecule has 5 rings (SSSR count). The van der Waals surface area contributed by atoms with Crippen molar-refractivity contribution in [3.63, 3.8) is 0 Å². The lowest BCUT2D eigenvalue weighted by atomic mass is 10.1. The van der Waals surface area contributed by atoms with Crippen LogP contribution in [0.2, 0.25) is 0 Å². The third kappa shape index (κ3) is 4.53.